The van der Waals surface area contributed by atoms with Crippen molar-refractivity contribution in [2.75, 3.05) is 13.1 Å². The van der Waals surface area contributed by atoms with Gasteiger partial charge in [0, 0.05) is 24.0 Å². The van der Waals surface area contributed by atoms with Gasteiger partial charge in [-0.3, -0.25) is 4.79 Å². The fourth-order valence-corrected chi connectivity index (χ4v) is 5.05. The van der Waals surface area contributed by atoms with Crippen LogP contribution in [0.25, 0.3) is 0 Å². The van der Waals surface area contributed by atoms with Gasteiger partial charge in [0.2, 0.25) is 5.91 Å². The molecule has 1 aliphatic carbocycles. The summed E-state index contributed by atoms with van der Waals surface area (Å²) in [6.07, 6.45) is 6.39. The largest absolute Gasteiger partial charge is 0.340 e. The Morgan fingerprint density at radius 1 is 1.23 bits per heavy atom. The number of rotatable bonds is 3. The minimum atomic E-state index is -0.258. The van der Waals surface area contributed by atoms with Crippen molar-refractivity contribution in [3.05, 3.63) is 29.8 Å². The number of nitrogens with zero attached hydrogens (tertiary/aromatic N) is 1. The van der Waals surface area contributed by atoms with E-state index in [1.54, 1.807) is 11.8 Å². The monoisotopic (exact) mass is 318 g/mol. The molecule has 0 aromatic heterocycles. The van der Waals surface area contributed by atoms with Crippen LogP contribution in [0.2, 0.25) is 0 Å². The molecule has 1 unspecified atom stereocenters. The topological polar surface area (TPSA) is 46.3 Å². The van der Waals surface area contributed by atoms with Gasteiger partial charge in [-0.25, -0.2) is 0 Å². The molecule has 1 saturated carbocycles. The summed E-state index contributed by atoms with van der Waals surface area (Å²) in [6.45, 7) is 3.71. The average molecular weight is 318 g/mol. The van der Waals surface area contributed by atoms with E-state index >= 15 is 0 Å². The lowest BCUT2D eigenvalue weighted by Crippen LogP contribution is -2.52. The Morgan fingerprint density at radius 2 is 1.91 bits per heavy atom. The smallest absolute Gasteiger partial charge is 0.239 e. The molecule has 22 heavy (non-hydrogen) atoms. The maximum atomic E-state index is 13.2. The van der Waals surface area contributed by atoms with Crippen LogP contribution in [0.5, 0.6) is 0 Å². The third-order valence-electron chi connectivity index (χ3n) is 4.88. The Morgan fingerprint density at radius 3 is 2.55 bits per heavy atom. The van der Waals surface area contributed by atoms with Gasteiger partial charge in [0.25, 0.3) is 0 Å². The molecule has 4 heteroatoms. The van der Waals surface area contributed by atoms with Crippen LogP contribution < -0.4 is 5.73 Å². The first-order valence-corrected chi connectivity index (χ1v) is 9.21. The van der Waals surface area contributed by atoms with Crippen LogP contribution in [-0.2, 0) is 4.79 Å². The summed E-state index contributed by atoms with van der Waals surface area (Å²) in [5.41, 5.74) is 7.34. The second-order valence-electron chi connectivity index (χ2n) is 6.77. The van der Waals surface area contributed by atoms with Crippen LogP contribution in [0.3, 0.4) is 0 Å². The first-order chi connectivity index (χ1) is 10.6. The van der Waals surface area contributed by atoms with Gasteiger partial charge < -0.3 is 10.6 Å². The minimum Gasteiger partial charge on any atom is -0.340 e. The lowest BCUT2D eigenvalue weighted by molar-refractivity contribution is -0.134. The van der Waals surface area contributed by atoms with Gasteiger partial charge in [0.1, 0.15) is 0 Å². The standard InChI is InChI=1S/C18H26N2OS/c1-14-6-8-16(9-7-14)22-18(10-2-3-11-18)17(21)20-12-4-5-15(19)13-20/h6-9,15H,2-5,10-13,19H2,1H3. The van der Waals surface area contributed by atoms with Gasteiger partial charge in [-0.15, -0.1) is 11.8 Å². The number of amides is 1. The quantitative estimate of drug-likeness (QED) is 0.929. The zero-order valence-electron chi connectivity index (χ0n) is 13.4. The number of thioether (sulfide) groups is 1. The summed E-state index contributed by atoms with van der Waals surface area (Å²) in [7, 11) is 0. The molecule has 2 N–H and O–H groups in total. The number of nitrogens with two attached hydrogens (primary N) is 1. The van der Waals surface area contributed by atoms with Crippen molar-refractivity contribution in [3.63, 3.8) is 0 Å². The number of hydrogen-bond acceptors (Lipinski definition) is 3. The SMILES string of the molecule is Cc1ccc(SC2(C(=O)N3CCCC(N)C3)CCCC2)cc1. The third kappa shape index (κ3) is 3.33. The van der Waals surface area contributed by atoms with E-state index < -0.39 is 0 Å². The van der Waals surface area contributed by atoms with Crippen molar-refractivity contribution < 1.29 is 4.79 Å². The van der Waals surface area contributed by atoms with Crippen LogP contribution in [-0.4, -0.2) is 34.7 Å². The Hall–Kier alpha value is -1.00. The van der Waals surface area contributed by atoms with Crippen molar-refractivity contribution in [3.8, 4) is 0 Å². The second kappa shape index (κ2) is 6.63. The molecule has 0 radical (unpaired) electrons. The molecular weight excluding hydrogens is 292 g/mol. The summed E-state index contributed by atoms with van der Waals surface area (Å²) < 4.78 is -0.258. The average Bonchev–Trinajstić information content (AvgIpc) is 2.98. The summed E-state index contributed by atoms with van der Waals surface area (Å²) in [5, 5.41) is 0. The molecule has 0 bridgehead atoms. The van der Waals surface area contributed by atoms with Crippen molar-refractivity contribution in [2.45, 2.75) is 61.1 Å². The molecule has 3 nitrogen and oxygen atoms in total. The maximum Gasteiger partial charge on any atom is 0.239 e. The Balaban J connectivity index is 1.78. The van der Waals surface area contributed by atoms with Crippen molar-refractivity contribution in [1.82, 2.24) is 4.90 Å². The number of aryl methyl sites for hydroxylation is 1. The van der Waals surface area contributed by atoms with Gasteiger partial charge in [0.15, 0.2) is 0 Å². The summed E-state index contributed by atoms with van der Waals surface area (Å²) >= 11 is 1.78. The first-order valence-electron chi connectivity index (χ1n) is 8.40. The Kier molecular flexibility index (Phi) is 4.79. The lowest BCUT2D eigenvalue weighted by Gasteiger charge is -2.38. The third-order valence-corrected chi connectivity index (χ3v) is 6.36. The van der Waals surface area contributed by atoms with Crippen LogP contribution in [0.4, 0.5) is 0 Å². The number of piperidine rings is 1. The molecule has 1 aliphatic heterocycles. The van der Waals surface area contributed by atoms with E-state index in [1.807, 2.05) is 4.90 Å². The predicted octanol–water partition coefficient (Wildman–Crippen LogP) is 3.35. The molecule has 3 rings (SSSR count). The summed E-state index contributed by atoms with van der Waals surface area (Å²) in [6, 6.07) is 8.71. The van der Waals surface area contributed by atoms with Gasteiger partial charge in [0.05, 0.1) is 4.75 Å². The Labute approximate surface area is 137 Å². The molecule has 120 valence electrons. The molecule has 1 atom stereocenters. The molecule has 0 spiro atoms. The van der Waals surface area contributed by atoms with Crippen LogP contribution >= 0.6 is 11.8 Å². The number of carbonyl (C=O) groups is 1. The van der Waals surface area contributed by atoms with E-state index in [2.05, 4.69) is 31.2 Å². The molecule has 2 fully saturated rings. The highest BCUT2D eigenvalue weighted by Gasteiger charge is 2.45. The van der Waals surface area contributed by atoms with Crippen molar-refractivity contribution in [2.24, 2.45) is 5.73 Å². The highest BCUT2D eigenvalue weighted by atomic mass is 32.2. The van der Waals surface area contributed by atoms with E-state index in [9.17, 15) is 4.79 Å². The molecule has 1 aromatic carbocycles. The minimum absolute atomic E-state index is 0.153. The maximum absolute atomic E-state index is 13.2. The van der Waals surface area contributed by atoms with E-state index in [4.69, 9.17) is 5.73 Å². The molecule has 1 amide bonds. The second-order valence-corrected chi connectivity index (χ2v) is 8.23. The molecular formula is C18H26N2OS. The van der Waals surface area contributed by atoms with Gasteiger partial charge in [-0.2, -0.15) is 0 Å². The van der Waals surface area contributed by atoms with E-state index in [-0.39, 0.29) is 10.8 Å². The van der Waals surface area contributed by atoms with Crippen LogP contribution in [0.15, 0.2) is 29.2 Å². The van der Waals surface area contributed by atoms with E-state index in [0.29, 0.717) is 5.91 Å². The fraction of sp³-hybridized carbons (Fsp3) is 0.611. The fourth-order valence-electron chi connectivity index (χ4n) is 3.62. The van der Waals surface area contributed by atoms with Gasteiger partial charge in [-0.05, 0) is 44.7 Å². The van der Waals surface area contributed by atoms with E-state index in [0.717, 1.165) is 51.6 Å². The van der Waals surface area contributed by atoms with Gasteiger partial charge >= 0.3 is 0 Å². The molecule has 1 saturated heterocycles. The van der Waals surface area contributed by atoms with Gasteiger partial charge in [-0.1, -0.05) is 30.5 Å². The zero-order valence-corrected chi connectivity index (χ0v) is 14.2. The number of benzene rings is 1. The highest BCUT2D eigenvalue weighted by Crippen LogP contribution is 2.46. The van der Waals surface area contributed by atoms with Crippen molar-refractivity contribution >= 4 is 17.7 Å². The van der Waals surface area contributed by atoms with Crippen molar-refractivity contribution in [1.29, 1.82) is 0 Å². The summed E-state index contributed by atoms with van der Waals surface area (Å²) in [4.78, 5) is 16.4. The number of likely N-dealkylation sites (tertiary alicyclic amines) is 1. The van der Waals surface area contributed by atoms with E-state index in [1.165, 1.54) is 10.5 Å². The first kappa shape index (κ1) is 15.9. The zero-order chi connectivity index (χ0) is 15.6. The lowest BCUT2D eigenvalue weighted by atomic mass is 10.0. The van der Waals surface area contributed by atoms with Crippen LogP contribution in [0.1, 0.15) is 44.1 Å². The molecule has 1 heterocycles. The summed E-state index contributed by atoms with van der Waals surface area (Å²) in [5.74, 6) is 0.325. The Bertz CT molecular complexity index is 522. The highest BCUT2D eigenvalue weighted by molar-refractivity contribution is 8.01. The number of hydrogen-bond donors (Lipinski definition) is 1. The normalized spacial score (nSPS) is 24.5. The van der Waals surface area contributed by atoms with Crippen LogP contribution in [0, 0.1) is 6.92 Å². The number of carbonyl (C=O) groups excluding carboxylic acids is 1. The predicted molar refractivity (Wildman–Crippen MR) is 92.0 cm³/mol. The molecule has 1 aromatic rings. The molecule has 2 aliphatic rings.